The number of aromatic nitrogens is 1. The molecule has 0 spiro atoms. The second-order valence-corrected chi connectivity index (χ2v) is 3.54. The number of anilines is 1. The van der Waals surface area contributed by atoms with Gasteiger partial charge in [0.1, 0.15) is 11.5 Å². The molecular weight excluding hydrogens is 230 g/mol. The Bertz CT molecular complexity index is 605. The molecule has 90 valence electrons. The van der Waals surface area contributed by atoms with E-state index in [1.54, 1.807) is 36.5 Å². The van der Waals surface area contributed by atoms with Crippen LogP contribution in [0.5, 0.6) is 17.4 Å². The van der Waals surface area contributed by atoms with Gasteiger partial charge in [0, 0.05) is 24.0 Å². The van der Waals surface area contributed by atoms with E-state index in [-0.39, 0.29) is 0 Å². The third-order valence-electron chi connectivity index (χ3n) is 2.23. The van der Waals surface area contributed by atoms with Gasteiger partial charge in [-0.1, -0.05) is 0 Å². The molecule has 2 rings (SSSR count). The first-order valence-corrected chi connectivity index (χ1v) is 5.20. The van der Waals surface area contributed by atoms with Gasteiger partial charge in [-0.05, 0) is 18.2 Å². The molecule has 0 unspecified atom stereocenters. The van der Waals surface area contributed by atoms with E-state index in [9.17, 15) is 0 Å². The minimum Gasteiger partial charge on any atom is -0.497 e. The summed E-state index contributed by atoms with van der Waals surface area (Å²) >= 11 is 0. The van der Waals surface area contributed by atoms with Crippen molar-refractivity contribution in [2.75, 3.05) is 12.8 Å². The van der Waals surface area contributed by atoms with Gasteiger partial charge in [0.2, 0.25) is 5.88 Å². The predicted octanol–water partition coefficient (Wildman–Crippen LogP) is 2.34. The van der Waals surface area contributed by atoms with Crippen LogP contribution in [0, 0.1) is 11.3 Å². The second kappa shape index (κ2) is 5.06. The predicted molar refractivity (Wildman–Crippen MR) is 66.4 cm³/mol. The number of benzene rings is 1. The number of methoxy groups -OCH3 is 1. The highest BCUT2D eigenvalue weighted by molar-refractivity contribution is 5.46. The molecule has 1 heterocycles. The Labute approximate surface area is 104 Å². The maximum atomic E-state index is 8.90. The topological polar surface area (TPSA) is 81.2 Å². The third-order valence-corrected chi connectivity index (χ3v) is 2.23. The fraction of sp³-hybridized carbons (Fsp3) is 0.0769. The van der Waals surface area contributed by atoms with Crippen LogP contribution in [0.25, 0.3) is 0 Å². The van der Waals surface area contributed by atoms with Gasteiger partial charge in [-0.3, -0.25) is 0 Å². The molecule has 18 heavy (non-hydrogen) atoms. The molecule has 0 aliphatic heterocycles. The maximum Gasteiger partial charge on any atom is 0.221 e. The zero-order valence-corrected chi connectivity index (χ0v) is 9.75. The van der Waals surface area contributed by atoms with Gasteiger partial charge in [0.15, 0.2) is 0 Å². The highest BCUT2D eigenvalue weighted by atomic mass is 16.5. The number of hydrogen-bond donors (Lipinski definition) is 1. The first-order chi connectivity index (χ1) is 8.71. The zero-order chi connectivity index (χ0) is 13.0. The highest BCUT2D eigenvalue weighted by Crippen LogP contribution is 2.26. The Hall–Kier alpha value is -2.74. The monoisotopic (exact) mass is 241 g/mol. The lowest BCUT2D eigenvalue weighted by Crippen LogP contribution is -1.92. The van der Waals surface area contributed by atoms with E-state index < -0.39 is 0 Å². The van der Waals surface area contributed by atoms with Crippen molar-refractivity contribution in [1.82, 2.24) is 4.98 Å². The van der Waals surface area contributed by atoms with Crippen LogP contribution >= 0.6 is 0 Å². The Balaban J connectivity index is 2.31. The van der Waals surface area contributed by atoms with Crippen LogP contribution < -0.4 is 15.2 Å². The number of nitrogens with two attached hydrogens (primary N) is 1. The summed E-state index contributed by atoms with van der Waals surface area (Å²) in [5.74, 6) is 1.39. The zero-order valence-electron chi connectivity index (χ0n) is 9.75. The molecular formula is C13H11N3O2. The molecule has 1 aromatic heterocycles. The third kappa shape index (κ3) is 2.68. The minimum absolute atomic E-state index is 0.368. The molecule has 2 aromatic rings. The van der Waals surface area contributed by atoms with Gasteiger partial charge in [0.05, 0.1) is 18.7 Å². The molecule has 2 N–H and O–H groups in total. The molecule has 0 radical (unpaired) electrons. The number of rotatable bonds is 3. The van der Waals surface area contributed by atoms with Crippen LogP contribution in [0.1, 0.15) is 5.56 Å². The summed E-state index contributed by atoms with van der Waals surface area (Å²) in [5.41, 5.74) is 6.64. The molecule has 0 aliphatic carbocycles. The molecule has 0 amide bonds. The van der Waals surface area contributed by atoms with Crippen LogP contribution in [0.3, 0.4) is 0 Å². The van der Waals surface area contributed by atoms with Gasteiger partial charge in [-0.2, -0.15) is 5.26 Å². The quantitative estimate of drug-likeness (QED) is 0.891. The number of nitrogens with zero attached hydrogens (tertiary/aromatic N) is 2. The van der Waals surface area contributed by atoms with Crippen molar-refractivity contribution in [2.45, 2.75) is 0 Å². The van der Waals surface area contributed by atoms with Crippen molar-refractivity contribution in [1.29, 1.82) is 5.26 Å². The van der Waals surface area contributed by atoms with Gasteiger partial charge >= 0.3 is 0 Å². The fourth-order valence-electron chi connectivity index (χ4n) is 1.41. The average Bonchev–Trinajstić information content (AvgIpc) is 2.38. The van der Waals surface area contributed by atoms with Crippen molar-refractivity contribution in [3.05, 3.63) is 42.1 Å². The molecule has 0 fully saturated rings. The normalized spacial score (nSPS) is 9.56. The number of nitrogen functional groups attached to an aromatic ring is 1. The van der Waals surface area contributed by atoms with Gasteiger partial charge in [-0.15, -0.1) is 0 Å². The lowest BCUT2D eigenvalue weighted by Gasteiger charge is -2.07. The molecule has 5 nitrogen and oxygen atoms in total. The second-order valence-electron chi connectivity index (χ2n) is 3.54. The van der Waals surface area contributed by atoms with Crippen LogP contribution in [-0.4, -0.2) is 12.1 Å². The smallest absolute Gasteiger partial charge is 0.221 e. The van der Waals surface area contributed by atoms with Crippen molar-refractivity contribution in [3.8, 4) is 23.4 Å². The molecule has 0 atom stereocenters. The lowest BCUT2D eigenvalue weighted by atomic mass is 10.2. The summed E-state index contributed by atoms with van der Waals surface area (Å²) in [6.45, 7) is 0. The minimum atomic E-state index is 0.368. The van der Waals surface area contributed by atoms with E-state index >= 15 is 0 Å². The van der Waals surface area contributed by atoms with Crippen molar-refractivity contribution < 1.29 is 9.47 Å². The number of ether oxygens (including phenoxy) is 2. The van der Waals surface area contributed by atoms with Crippen LogP contribution in [0.4, 0.5) is 5.69 Å². The van der Waals surface area contributed by atoms with E-state index in [0.29, 0.717) is 28.6 Å². The maximum absolute atomic E-state index is 8.90. The standard InChI is InChI=1S/C13H11N3O2/c1-17-11-4-9(8-14)5-12(7-11)18-13-6-10(15)2-3-16-13/h2-7H,1H3,(H2,15,16). The highest BCUT2D eigenvalue weighted by Gasteiger charge is 2.04. The van der Waals surface area contributed by atoms with Gasteiger partial charge in [-0.25, -0.2) is 4.98 Å². The Morgan fingerprint density at radius 1 is 1.22 bits per heavy atom. The van der Waals surface area contributed by atoms with E-state index in [1.165, 1.54) is 7.11 Å². The molecule has 1 aromatic carbocycles. The molecule has 0 aliphatic rings. The SMILES string of the molecule is COc1cc(C#N)cc(Oc2cc(N)ccn2)c1. The van der Waals surface area contributed by atoms with Crippen molar-refractivity contribution in [3.63, 3.8) is 0 Å². The van der Waals surface area contributed by atoms with Crippen molar-refractivity contribution >= 4 is 5.69 Å². The largest absolute Gasteiger partial charge is 0.497 e. The molecule has 0 saturated carbocycles. The van der Waals surface area contributed by atoms with Crippen LogP contribution in [0.15, 0.2) is 36.5 Å². The van der Waals surface area contributed by atoms with E-state index in [1.807, 2.05) is 6.07 Å². The summed E-state index contributed by atoms with van der Waals surface area (Å²) in [4.78, 5) is 4.02. The van der Waals surface area contributed by atoms with Gasteiger partial charge in [0.25, 0.3) is 0 Å². The first-order valence-electron chi connectivity index (χ1n) is 5.20. The van der Waals surface area contributed by atoms with E-state index in [0.717, 1.165) is 0 Å². The summed E-state index contributed by atoms with van der Waals surface area (Å²) in [6, 6.07) is 10.2. The van der Waals surface area contributed by atoms with Crippen molar-refractivity contribution in [2.24, 2.45) is 0 Å². The molecule has 0 saturated heterocycles. The van der Waals surface area contributed by atoms with Crippen LogP contribution in [-0.2, 0) is 0 Å². The summed E-state index contributed by atoms with van der Waals surface area (Å²) in [7, 11) is 1.53. The number of hydrogen-bond acceptors (Lipinski definition) is 5. The summed E-state index contributed by atoms with van der Waals surface area (Å²) < 4.78 is 10.6. The summed E-state index contributed by atoms with van der Waals surface area (Å²) in [5, 5.41) is 8.90. The van der Waals surface area contributed by atoms with Crippen LogP contribution in [0.2, 0.25) is 0 Å². The first kappa shape index (κ1) is 11.7. The van der Waals surface area contributed by atoms with E-state index in [2.05, 4.69) is 4.98 Å². The Morgan fingerprint density at radius 2 is 2.00 bits per heavy atom. The average molecular weight is 241 g/mol. The van der Waals surface area contributed by atoms with E-state index in [4.69, 9.17) is 20.5 Å². The Kier molecular flexibility index (Phi) is 3.30. The Morgan fingerprint density at radius 3 is 2.67 bits per heavy atom. The summed E-state index contributed by atoms with van der Waals surface area (Å²) in [6.07, 6.45) is 1.55. The lowest BCUT2D eigenvalue weighted by molar-refractivity contribution is 0.407. The fourth-order valence-corrected chi connectivity index (χ4v) is 1.41. The molecule has 0 bridgehead atoms. The number of pyridine rings is 1. The molecule has 5 heteroatoms. The van der Waals surface area contributed by atoms with Gasteiger partial charge < -0.3 is 15.2 Å². The number of nitriles is 1.